The molecule has 4 aromatic rings. The summed E-state index contributed by atoms with van der Waals surface area (Å²) in [4.78, 5) is 0. The maximum Gasteiger partial charge on any atom is -0.0000792 e. The van der Waals surface area contributed by atoms with Crippen molar-refractivity contribution in [3.8, 4) is 0 Å². The number of allylic oxidation sites excluding steroid dienone is 1. The zero-order valence-corrected chi connectivity index (χ0v) is 17.7. The molecule has 0 bridgehead atoms. The molecule has 0 amide bonds. The van der Waals surface area contributed by atoms with Crippen LogP contribution in [0.2, 0.25) is 0 Å². The minimum absolute atomic E-state index is 0.315. The molecule has 0 saturated carbocycles. The highest BCUT2D eigenvalue weighted by atomic mass is 14.2. The van der Waals surface area contributed by atoms with Gasteiger partial charge in [-0.15, -0.1) is 0 Å². The number of hydrogen-bond acceptors (Lipinski definition) is 0. The van der Waals surface area contributed by atoms with Crippen LogP contribution in [0.15, 0.2) is 91.0 Å². The third kappa shape index (κ3) is 4.03. The second kappa shape index (κ2) is 8.09. The van der Waals surface area contributed by atoms with E-state index in [-0.39, 0.29) is 0 Å². The van der Waals surface area contributed by atoms with Crippen LogP contribution in [0.4, 0.5) is 0 Å². The van der Waals surface area contributed by atoms with E-state index in [4.69, 9.17) is 0 Å². The molecule has 0 heteroatoms. The summed E-state index contributed by atoms with van der Waals surface area (Å²) in [6.45, 7) is 8.93. The molecule has 0 aromatic heterocycles. The van der Waals surface area contributed by atoms with E-state index in [1.165, 1.54) is 49.7 Å². The molecular formula is C29H28. The normalized spacial score (nSPS) is 12.9. The largest absolute Gasteiger partial charge is 0.0688 e. The number of aryl methyl sites for hydroxylation is 3. The van der Waals surface area contributed by atoms with Crippen LogP contribution in [0.25, 0.3) is 16.3 Å². The smallest absolute Gasteiger partial charge is 0.0000792 e. The minimum Gasteiger partial charge on any atom is -0.0688 e. The Morgan fingerprint density at radius 3 is 2.00 bits per heavy atom. The van der Waals surface area contributed by atoms with E-state index in [0.717, 1.165) is 0 Å². The summed E-state index contributed by atoms with van der Waals surface area (Å²) >= 11 is 0. The van der Waals surface area contributed by atoms with Crippen molar-refractivity contribution in [2.45, 2.75) is 33.6 Å². The van der Waals surface area contributed by atoms with Crippen LogP contribution >= 0.6 is 0 Å². The summed E-state index contributed by atoms with van der Waals surface area (Å²) in [6, 6.07) is 30.8. The summed E-state index contributed by atoms with van der Waals surface area (Å²) in [5, 5.41) is 2.59. The van der Waals surface area contributed by atoms with E-state index >= 15 is 0 Å². The monoisotopic (exact) mass is 376 g/mol. The molecule has 0 fully saturated rings. The van der Waals surface area contributed by atoms with E-state index in [1.54, 1.807) is 0 Å². The van der Waals surface area contributed by atoms with Crippen LogP contribution in [0.3, 0.4) is 0 Å². The molecule has 0 aliphatic rings. The van der Waals surface area contributed by atoms with Crippen molar-refractivity contribution in [1.29, 1.82) is 0 Å². The average molecular weight is 377 g/mol. The van der Waals surface area contributed by atoms with Gasteiger partial charge in [-0.3, -0.25) is 0 Å². The summed E-state index contributed by atoms with van der Waals surface area (Å²) in [5.41, 5.74) is 9.29. The Kier molecular flexibility index (Phi) is 5.36. The molecule has 1 atom stereocenters. The van der Waals surface area contributed by atoms with Crippen molar-refractivity contribution in [3.63, 3.8) is 0 Å². The van der Waals surface area contributed by atoms with Crippen LogP contribution in [0.1, 0.15) is 46.2 Å². The molecule has 0 spiro atoms. The summed E-state index contributed by atoms with van der Waals surface area (Å²) in [6.07, 6.45) is 2.43. The molecular weight excluding hydrogens is 348 g/mol. The average Bonchev–Trinajstić information content (AvgIpc) is 2.72. The van der Waals surface area contributed by atoms with E-state index < -0.39 is 0 Å². The lowest BCUT2D eigenvalue weighted by molar-refractivity contribution is 0.971. The lowest BCUT2D eigenvalue weighted by Crippen LogP contribution is -1.99. The van der Waals surface area contributed by atoms with E-state index in [0.29, 0.717) is 5.92 Å². The van der Waals surface area contributed by atoms with Gasteiger partial charge < -0.3 is 0 Å². The van der Waals surface area contributed by atoms with Crippen molar-refractivity contribution in [2.75, 3.05) is 0 Å². The van der Waals surface area contributed by atoms with Gasteiger partial charge in [0.2, 0.25) is 0 Å². The molecule has 0 heterocycles. The second-order valence-electron chi connectivity index (χ2n) is 8.12. The van der Waals surface area contributed by atoms with Crippen LogP contribution < -0.4 is 0 Å². The van der Waals surface area contributed by atoms with Gasteiger partial charge in [-0.1, -0.05) is 103 Å². The van der Waals surface area contributed by atoms with Gasteiger partial charge in [0.1, 0.15) is 0 Å². The van der Waals surface area contributed by atoms with Gasteiger partial charge >= 0.3 is 0 Å². The van der Waals surface area contributed by atoms with Gasteiger partial charge in [0, 0.05) is 0 Å². The van der Waals surface area contributed by atoms with E-state index in [1.807, 2.05) is 0 Å². The maximum atomic E-state index is 2.43. The molecule has 29 heavy (non-hydrogen) atoms. The highest BCUT2D eigenvalue weighted by Crippen LogP contribution is 2.33. The summed E-state index contributed by atoms with van der Waals surface area (Å²) in [7, 11) is 0. The van der Waals surface area contributed by atoms with Crippen LogP contribution in [0, 0.1) is 20.8 Å². The van der Waals surface area contributed by atoms with Crippen molar-refractivity contribution in [3.05, 3.63) is 124 Å². The predicted molar refractivity (Wildman–Crippen MR) is 127 cm³/mol. The molecule has 0 radical (unpaired) electrons. The summed E-state index contributed by atoms with van der Waals surface area (Å²) in [5.74, 6) is 0.315. The fourth-order valence-electron chi connectivity index (χ4n) is 4.38. The first kappa shape index (κ1) is 19.2. The second-order valence-corrected chi connectivity index (χ2v) is 8.12. The Balaban J connectivity index is 1.85. The van der Waals surface area contributed by atoms with Gasteiger partial charge in [0.05, 0.1) is 0 Å². The zero-order valence-electron chi connectivity index (χ0n) is 17.7. The Morgan fingerprint density at radius 1 is 0.690 bits per heavy atom. The number of fused-ring (bicyclic) bond motifs is 1. The highest BCUT2D eigenvalue weighted by molar-refractivity contribution is 5.85. The lowest BCUT2D eigenvalue weighted by atomic mass is 9.86. The predicted octanol–water partition coefficient (Wildman–Crippen LogP) is 8.00. The van der Waals surface area contributed by atoms with Gasteiger partial charge in [-0.05, 0) is 70.9 Å². The molecule has 0 nitrogen and oxygen atoms in total. The number of rotatable bonds is 4. The maximum absolute atomic E-state index is 2.43. The van der Waals surface area contributed by atoms with E-state index in [2.05, 4.69) is 119 Å². The molecule has 4 aromatic carbocycles. The van der Waals surface area contributed by atoms with Crippen LogP contribution in [-0.2, 0) is 0 Å². The topological polar surface area (TPSA) is 0 Å². The van der Waals surface area contributed by atoms with Gasteiger partial charge in [0.25, 0.3) is 0 Å². The number of benzene rings is 4. The van der Waals surface area contributed by atoms with Crippen LogP contribution in [-0.4, -0.2) is 0 Å². The van der Waals surface area contributed by atoms with E-state index in [9.17, 15) is 0 Å². The molecule has 0 N–H and O–H groups in total. The fraction of sp³-hybridized carbons (Fsp3) is 0.172. The Morgan fingerprint density at radius 2 is 1.31 bits per heavy atom. The van der Waals surface area contributed by atoms with Gasteiger partial charge in [0.15, 0.2) is 0 Å². The molecule has 0 aliphatic carbocycles. The van der Waals surface area contributed by atoms with Crippen molar-refractivity contribution >= 4 is 16.3 Å². The SMILES string of the molecule is Cc1cc(C)c(/C(=C\C(C)c2ccc3ccccc3c2)c2ccccc2)c(C)c1. The zero-order chi connectivity index (χ0) is 20.4. The van der Waals surface area contributed by atoms with Crippen LogP contribution in [0.5, 0.6) is 0 Å². The quantitative estimate of drug-likeness (QED) is 0.338. The Bertz CT molecular complexity index is 1160. The Hall–Kier alpha value is -3.12. The van der Waals surface area contributed by atoms with Crippen molar-refractivity contribution in [1.82, 2.24) is 0 Å². The fourth-order valence-corrected chi connectivity index (χ4v) is 4.38. The minimum atomic E-state index is 0.315. The highest BCUT2D eigenvalue weighted by Gasteiger charge is 2.14. The third-order valence-corrected chi connectivity index (χ3v) is 5.75. The van der Waals surface area contributed by atoms with Gasteiger partial charge in [-0.25, -0.2) is 0 Å². The van der Waals surface area contributed by atoms with Crippen molar-refractivity contribution < 1.29 is 0 Å². The molecule has 144 valence electrons. The lowest BCUT2D eigenvalue weighted by Gasteiger charge is -2.18. The first-order valence-corrected chi connectivity index (χ1v) is 10.4. The third-order valence-electron chi connectivity index (χ3n) is 5.75. The number of hydrogen-bond donors (Lipinski definition) is 0. The van der Waals surface area contributed by atoms with Gasteiger partial charge in [-0.2, -0.15) is 0 Å². The molecule has 0 saturated heterocycles. The molecule has 4 rings (SSSR count). The van der Waals surface area contributed by atoms with Crippen molar-refractivity contribution in [2.24, 2.45) is 0 Å². The standard InChI is InChI=1S/C29H28/c1-20-16-22(3)29(23(4)17-20)28(25-11-6-5-7-12-25)18-21(2)26-15-14-24-10-8-9-13-27(24)19-26/h5-19,21H,1-4H3/b28-18-. The first-order chi connectivity index (χ1) is 14.0. The summed E-state index contributed by atoms with van der Waals surface area (Å²) < 4.78 is 0. The first-order valence-electron chi connectivity index (χ1n) is 10.4. The Labute approximate surface area is 174 Å². The molecule has 0 aliphatic heterocycles. The molecule has 1 unspecified atom stereocenters.